The molecule has 1 N–H and O–H groups in total. The molecule has 4 rings (SSSR count). The van der Waals surface area contributed by atoms with E-state index in [0.717, 1.165) is 38.2 Å². The van der Waals surface area contributed by atoms with Crippen molar-refractivity contribution in [1.82, 2.24) is 9.88 Å². The second-order valence-corrected chi connectivity index (χ2v) is 6.41. The van der Waals surface area contributed by atoms with E-state index in [1.807, 2.05) is 12.1 Å². The summed E-state index contributed by atoms with van der Waals surface area (Å²) >= 11 is 0. The predicted molar refractivity (Wildman–Crippen MR) is 83.5 cm³/mol. The van der Waals surface area contributed by atoms with Gasteiger partial charge in [-0.2, -0.15) is 0 Å². The Labute approximate surface area is 134 Å². The highest BCUT2D eigenvalue weighted by Crippen LogP contribution is 2.36. The van der Waals surface area contributed by atoms with Gasteiger partial charge in [-0.05, 0) is 30.7 Å². The Bertz CT molecular complexity index is 664. The summed E-state index contributed by atoms with van der Waals surface area (Å²) in [5.74, 6) is 0.966. The molecule has 2 atom stereocenters. The molecular formula is C17H20FN3O2. The summed E-state index contributed by atoms with van der Waals surface area (Å²) in [7, 11) is 0. The zero-order valence-corrected chi connectivity index (χ0v) is 12.9. The van der Waals surface area contributed by atoms with Crippen molar-refractivity contribution >= 4 is 5.82 Å². The van der Waals surface area contributed by atoms with Crippen LogP contribution in [-0.4, -0.2) is 41.2 Å². The van der Waals surface area contributed by atoms with Gasteiger partial charge < -0.3 is 14.5 Å². The van der Waals surface area contributed by atoms with Crippen molar-refractivity contribution in [1.29, 1.82) is 0 Å². The lowest BCUT2D eigenvalue weighted by atomic mass is 9.97. The maximum absolute atomic E-state index is 13.7. The van der Waals surface area contributed by atoms with Crippen LogP contribution in [0.2, 0.25) is 0 Å². The fourth-order valence-corrected chi connectivity index (χ4v) is 3.59. The summed E-state index contributed by atoms with van der Waals surface area (Å²) in [6.45, 7) is 3.28. The van der Waals surface area contributed by atoms with Crippen molar-refractivity contribution in [3.05, 3.63) is 48.3 Å². The molecule has 23 heavy (non-hydrogen) atoms. The molecule has 6 heteroatoms. The standard InChI is InChI=1S/C17H20FN3O2/c18-15-4-1-6-19-16(15)20-13-9-17(23-11-13)5-7-21(12-17)10-14-3-2-8-22-14/h1-4,6,8,13H,5,7,9-12H2,(H,19,20)/t13-,17-/m1/s1. The minimum atomic E-state index is -0.320. The van der Waals surface area contributed by atoms with Gasteiger partial charge in [0.25, 0.3) is 0 Å². The van der Waals surface area contributed by atoms with Crippen LogP contribution in [0.1, 0.15) is 18.6 Å². The van der Waals surface area contributed by atoms with E-state index >= 15 is 0 Å². The molecule has 5 nitrogen and oxygen atoms in total. The van der Waals surface area contributed by atoms with E-state index in [0.29, 0.717) is 12.4 Å². The lowest BCUT2D eigenvalue weighted by Crippen LogP contribution is -2.33. The quantitative estimate of drug-likeness (QED) is 0.939. The second kappa shape index (κ2) is 5.94. The first-order chi connectivity index (χ1) is 11.2. The number of hydrogen-bond acceptors (Lipinski definition) is 5. The Morgan fingerprint density at radius 2 is 2.35 bits per heavy atom. The van der Waals surface area contributed by atoms with Crippen molar-refractivity contribution in [3.8, 4) is 0 Å². The van der Waals surface area contributed by atoms with Crippen molar-refractivity contribution in [2.24, 2.45) is 0 Å². The molecule has 122 valence electrons. The van der Waals surface area contributed by atoms with Crippen LogP contribution in [-0.2, 0) is 11.3 Å². The lowest BCUT2D eigenvalue weighted by molar-refractivity contribution is 0.0115. The molecule has 0 amide bonds. The average molecular weight is 317 g/mol. The number of hydrogen-bond donors (Lipinski definition) is 1. The van der Waals surface area contributed by atoms with Gasteiger partial charge in [0.2, 0.25) is 0 Å². The fourth-order valence-electron chi connectivity index (χ4n) is 3.59. The maximum Gasteiger partial charge on any atom is 0.165 e. The first-order valence-corrected chi connectivity index (χ1v) is 7.98. The Morgan fingerprint density at radius 1 is 1.39 bits per heavy atom. The summed E-state index contributed by atoms with van der Waals surface area (Å²) in [5, 5.41) is 3.17. The number of likely N-dealkylation sites (tertiary alicyclic amines) is 1. The van der Waals surface area contributed by atoms with E-state index in [2.05, 4.69) is 15.2 Å². The Morgan fingerprint density at radius 3 is 3.17 bits per heavy atom. The van der Waals surface area contributed by atoms with Gasteiger partial charge in [0.15, 0.2) is 11.6 Å². The predicted octanol–water partition coefficient (Wildman–Crippen LogP) is 2.66. The highest BCUT2D eigenvalue weighted by Gasteiger charge is 2.45. The zero-order chi connectivity index (χ0) is 15.7. The molecule has 1 spiro atoms. The third-order valence-corrected chi connectivity index (χ3v) is 4.66. The molecule has 0 radical (unpaired) electrons. The fraction of sp³-hybridized carbons (Fsp3) is 0.471. The minimum Gasteiger partial charge on any atom is -0.468 e. The van der Waals surface area contributed by atoms with Crippen LogP contribution in [0.25, 0.3) is 0 Å². The van der Waals surface area contributed by atoms with Gasteiger partial charge in [0, 0.05) is 25.7 Å². The van der Waals surface area contributed by atoms with E-state index in [4.69, 9.17) is 9.15 Å². The number of anilines is 1. The Kier molecular flexibility index (Phi) is 3.79. The number of nitrogens with one attached hydrogen (secondary N) is 1. The highest BCUT2D eigenvalue weighted by atomic mass is 19.1. The molecule has 2 saturated heterocycles. The van der Waals surface area contributed by atoms with Crippen molar-refractivity contribution < 1.29 is 13.5 Å². The van der Waals surface area contributed by atoms with E-state index in [1.165, 1.54) is 6.07 Å². The van der Waals surface area contributed by atoms with Gasteiger partial charge in [-0.15, -0.1) is 0 Å². The molecule has 4 heterocycles. The van der Waals surface area contributed by atoms with Gasteiger partial charge in [0.05, 0.1) is 31.1 Å². The smallest absolute Gasteiger partial charge is 0.165 e. The van der Waals surface area contributed by atoms with Crippen LogP contribution in [0.15, 0.2) is 41.1 Å². The molecular weight excluding hydrogens is 297 g/mol. The monoisotopic (exact) mass is 317 g/mol. The number of aromatic nitrogens is 1. The van der Waals surface area contributed by atoms with Crippen LogP contribution in [0.3, 0.4) is 0 Å². The van der Waals surface area contributed by atoms with Crippen LogP contribution in [0.5, 0.6) is 0 Å². The minimum absolute atomic E-state index is 0.1000. The van der Waals surface area contributed by atoms with Crippen LogP contribution < -0.4 is 5.32 Å². The summed E-state index contributed by atoms with van der Waals surface area (Å²) in [6, 6.07) is 7.02. The molecule has 0 aliphatic carbocycles. The number of pyridine rings is 1. The zero-order valence-electron chi connectivity index (χ0n) is 12.9. The molecule has 2 aromatic heterocycles. The number of halogens is 1. The molecule has 0 saturated carbocycles. The van der Waals surface area contributed by atoms with Crippen LogP contribution in [0, 0.1) is 5.82 Å². The van der Waals surface area contributed by atoms with Gasteiger partial charge in [-0.3, -0.25) is 4.90 Å². The number of ether oxygens (including phenoxy) is 1. The number of furan rings is 1. The first kappa shape index (κ1) is 14.7. The molecule has 2 aromatic rings. The molecule has 2 aliphatic rings. The average Bonchev–Trinajstić information content (AvgIpc) is 3.26. The normalized spacial score (nSPS) is 27.8. The van der Waals surface area contributed by atoms with Gasteiger partial charge in [0.1, 0.15) is 5.76 Å². The summed E-state index contributed by atoms with van der Waals surface area (Å²) < 4.78 is 25.2. The molecule has 0 aromatic carbocycles. The van der Waals surface area contributed by atoms with Crippen molar-refractivity contribution in [2.45, 2.75) is 31.0 Å². The largest absolute Gasteiger partial charge is 0.468 e. The molecule has 0 unspecified atom stereocenters. The van der Waals surface area contributed by atoms with Gasteiger partial charge in [-0.25, -0.2) is 9.37 Å². The van der Waals surface area contributed by atoms with Crippen LogP contribution in [0.4, 0.5) is 10.2 Å². The van der Waals surface area contributed by atoms with Gasteiger partial charge >= 0.3 is 0 Å². The van der Waals surface area contributed by atoms with Crippen LogP contribution >= 0.6 is 0 Å². The van der Waals surface area contributed by atoms with Crippen molar-refractivity contribution in [2.75, 3.05) is 25.0 Å². The summed E-state index contributed by atoms with van der Waals surface area (Å²) in [5.41, 5.74) is -0.129. The molecule has 2 aliphatic heterocycles. The van der Waals surface area contributed by atoms with E-state index in [1.54, 1.807) is 18.5 Å². The van der Waals surface area contributed by atoms with E-state index < -0.39 is 0 Å². The van der Waals surface area contributed by atoms with E-state index in [9.17, 15) is 4.39 Å². The molecule has 2 fully saturated rings. The Balaban J connectivity index is 1.36. The topological polar surface area (TPSA) is 50.5 Å². The highest BCUT2D eigenvalue weighted by molar-refractivity contribution is 5.37. The lowest BCUT2D eigenvalue weighted by Gasteiger charge is -2.23. The van der Waals surface area contributed by atoms with E-state index in [-0.39, 0.29) is 17.5 Å². The summed E-state index contributed by atoms with van der Waals surface area (Å²) in [4.78, 5) is 6.41. The van der Waals surface area contributed by atoms with Crippen molar-refractivity contribution in [3.63, 3.8) is 0 Å². The maximum atomic E-state index is 13.7. The first-order valence-electron chi connectivity index (χ1n) is 7.98. The second-order valence-electron chi connectivity index (χ2n) is 6.41. The number of rotatable bonds is 4. The molecule has 0 bridgehead atoms. The third kappa shape index (κ3) is 3.09. The Hall–Kier alpha value is -1.92. The summed E-state index contributed by atoms with van der Waals surface area (Å²) in [6.07, 6.45) is 5.17. The number of nitrogens with zero attached hydrogens (tertiary/aromatic N) is 2. The third-order valence-electron chi connectivity index (χ3n) is 4.66. The SMILES string of the molecule is Fc1cccnc1N[C@H]1CO[C@]2(CCN(Cc3ccco3)C2)C1. The van der Waals surface area contributed by atoms with Gasteiger partial charge in [-0.1, -0.05) is 0 Å².